The Labute approximate surface area is 131 Å². The first-order valence-corrected chi connectivity index (χ1v) is 7.21. The average molecular weight is 303 g/mol. The molecule has 0 heterocycles. The van der Waals surface area contributed by atoms with Gasteiger partial charge in [0.1, 0.15) is 0 Å². The summed E-state index contributed by atoms with van der Waals surface area (Å²) in [4.78, 5) is 2.05. The van der Waals surface area contributed by atoms with Crippen LogP contribution in [0.1, 0.15) is 25.8 Å². The van der Waals surface area contributed by atoms with Crippen LogP contribution in [-0.4, -0.2) is 31.0 Å². The molecule has 2 N–H and O–H groups in total. The summed E-state index contributed by atoms with van der Waals surface area (Å²) in [6.07, 6.45) is 2.23. The second-order valence-electron chi connectivity index (χ2n) is 4.92. The van der Waals surface area contributed by atoms with Gasteiger partial charge in [-0.05, 0) is 43.8 Å². The lowest BCUT2D eigenvalue weighted by Crippen LogP contribution is -2.36. The Morgan fingerprint density at radius 1 is 1.43 bits per heavy atom. The maximum absolute atomic E-state index is 8.59. The molecule has 6 heteroatoms. The summed E-state index contributed by atoms with van der Waals surface area (Å²) in [6, 6.07) is 10.4. The lowest BCUT2D eigenvalue weighted by atomic mass is 10.2. The zero-order chi connectivity index (χ0) is 15.7. The molecule has 0 aromatic heterocycles. The summed E-state index contributed by atoms with van der Waals surface area (Å²) in [7, 11) is 1.97. The van der Waals surface area contributed by atoms with E-state index in [2.05, 4.69) is 21.9 Å². The summed E-state index contributed by atoms with van der Waals surface area (Å²) < 4.78 is 0. The number of thiocarbonyl (C=S) groups is 1. The smallest absolute Gasteiger partial charge is 0.187 e. The predicted octanol–water partition coefficient (Wildman–Crippen LogP) is 2.24. The summed E-state index contributed by atoms with van der Waals surface area (Å²) in [6.45, 7) is 4.75. The SMILES string of the molecule is CC(C)NC(=S)N/N=C\c1ccc(N(C)CCC#N)cc1. The molecule has 0 atom stereocenters. The third-order valence-corrected chi connectivity index (χ3v) is 2.90. The van der Waals surface area contributed by atoms with E-state index in [1.807, 2.05) is 50.1 Å². The van der Waals surface area contributed by atoms with Gasteiger partial charge in [0.15, 0.2) is 5.11 Å². The Morgan fingerprint density at radius 2 is 2.10 bits per heavy atom. The Bertz CT molecular complexity index is 516. The molecule has 0 bridgehead atoms. The van der Waals surface area contributed by atoms with Gasteiger partial charge < -0.3 is 10.2 Å². The lowest BCUT2D eigenvalue weighted by Gasteiger charge is -2.17. The topological polar surface area (TPSA) is 63.5 Å². The van der Waals surface area contributed by atoms with Crippen LogP contribution < -0.4 is 15.6 Å². The van der Waals surface area contributed by atoms with Crippen LogP contribution in [0, 0.1) is 11.3 Å². The van der Waals surface area contributed by atoms with Gasteiger partial charge in [-0.3, -0.25) is 5.43 Å². The van der Waals surface area contributed by atoms with Gasteiger partial charge in [0.25, 0.3) is 0 Å². The molecule has 0 unspecified atom stereocenters. The van der Waals surface area contributed by atoms with Crippen molar-refractivity contribution < 1.29 is 0 Å². The standard InChI is InChI=1S/C15H21N5S/c1-12(2)18-15(21)19-17-11-13-5-7-14(8-6-13)20(3)10-4-9-16/h5-8,11-12H,4,10H2,1-3H3,(H2,18,19,21)/b17-11-. The van der Waals surface area contributed by atoms with Crippen LogP contribution in [0.2, 0.25) is 0 Å². The monoisotopic (exact) mass is 303 g/mol. The Balaban J connectivity index is 2.51. The number of hydrogen-bond donors (Lipinski definition) is 2. The lowest BCUT2D eigenvalue weighted by molar-refractivity contribution is 0.720. The van der Waals surface area contributed by atoms with Crippen molar-refractivity contribution in [1.29, 1.82) is 5.26 Å². The minimum atomic E-state index is 0.281. The van der Waals surface area contributed by atoms with Gasteiger partial charge in [-0.25, -0.2) is 0 Å². The molecule has 0 aliphatic carbocycles. The van der Waals surface area contributed by atoms with Crippen LogP contribution in [0.5, 0.6) is 0 Å². The highest BCUT2D eigenvalue weighted by Crippen LogP contribution is 2.13. The molecule has 1 aromatic rings. The van der Waals surface area contributed by atoms with Crippen molar-refractivity contribution in [3.63, 3.8) is 0 Å². The van der Waals surface area contributed by atoms with Gasteiger partial charge in [0, 0.05) is 25.3 Å². The van der Waals surface area contributed by atoms with Gasteiger partial charge in [-0.15, -0.1) is 0 Å². The van der Waals surface area contributed by atoms with Crippen molar-refractivity contribution in [1.82, 2.24) is 10.7 Å². The molecule has 0 aliphatic rings. The number of hydrazone groups is 1. The Morgan fingerprint density at radius 3 is 2.67 bits per heavy atom. The molecular weight excluding hydrogens is 282 g/mol. The summed E-state index contributed by atoms with van der Waals surface area (Å²) in [5.41, 5.74) is 4.83. The van der Waals surface area contributed by atoms with Gasteiger partial charge in [0.05, 0.1) is 18.7 Å². The van der Waals surface area contributed by atoms with E-state index in [1.54, 1.807) is 6.21 Å². The molecule has 0 amide bonds. The maximum Gasteiger partial charge on any atom is 0.187 e. The fourth-order valence-corrected chi connectivity index (χ4v) is 1.91. The van der Waals surface area contributed by atoms with E-state index in [1.165, 1.54) is 0 Å². The van der Waals surface area contributed by atoms with Gasteiger partial charge >= 0.3 is 0 Å². The van der Waals surface area contributed by atoms with Crippen molar-refractivity contribution in [2.45, 2.75) is 26.3 Å². The molecule has 0 fully saturated rings. The van der Waals surface area contributed by atoms with Gasteiger partial charge in [-0.1, -0.05) is 12.1 Å². The molecule has 0 aliphatic heterocycles. The van der Waals surface area contributed by atoms with Gasteiger partial charge in [0.2, 0.25) is 0 Å². The fourth-order valence-electron chi connectivity index (χ4n) is 1.62. The first-order chi connectivity index (χ1) is 10.0. The highest BCUT2D eigenvalue weighted by molar-refractivity contribution is 7.80. The van der Waals surface area contributed by atoms with Crippen molar-refractivity contribution in [3.05, 3.63) is 29.8 Å². The zero-order valence-corrected chi connectivity index (χ0v) is 13.4. The first kappa shape index (κ1) is 16.9. The zero-order valence-electron chi connectivity index (χ0n) is 12.6. The molecule has 5 nitrogen and oxygen atoms in total. The first-order valence-electron chi connectivity index (χ1n) is 6.80. The Hall–Kier alpha value is -2.13. The highest BCUT2D eigenvalue weighted by atomic mass is 32.1. The van der Waals surface area contributed by atoms with E-state index in [4.69, 9.17) is 17.5 Å². The number of rotatable bonds is 6. The molecular formula is C15H21N5S. The van der Waals surface area contributed by atoms with Crippen molar-refractivity contribution in [2.24, 2.45) is 5.10 Å². The average Bonchev–Trinajstić information content (AvgIpc) is 2.44. The van der Waals surface area contributed by atoms with E-state index in [0.29, 0.717) is 11.5 Å². The normalized spacial score (nSPS) is 10.4. The van der Waals surface area contributed by atoms with Crippen LogP contribution >= 0.6 is 12.2 Å². The summed E-state index contributed by atoms with van der Waals surface area (Å²) in [5, 5.41) is 16.2. The molecule has 21 heavy (non-hydrogen) atoms. The third kappa shape index (κ3) is 6.72. The van der Waals surface area contributed by atoms with Crippen molar-refractivity contribution in [2.75, 3.05) is 18.5 Å². The number of anilines is 1. The van der Waals surface area contributed by atoms with E-state index in [-0.39, 0.29) is 6.04 Å². The van der Waals surface area contributed by atoms with E-state index < -0.39 is 0 Å². The number of nitrogens with zero attached hydrogens (tertiary/aromatic N) is 3. The Kier molecular flexibility index (Phi) is 7.19. The van der Waals surface area contributed by atoms with Gasteiger partial charge in [-0.2, -0.15) is 10.4 Å². The van der Waals surface area contributed by atoms with Crippen LogP contribution in [-0.2, 0) is 0 Å². The maximum atomic E-state index is 8.59. The molecule has 0 saturated carbocycles. The largest absolute Gasteiger partial charge is 0.374 e. The molecule has 0 radical (unpaired) electrons. The minimum Gasteiger partial charge on any atom is -0.374 e. The number of nitriles is 1. The number of hydrogen-bond acceptors (Lipinski definition) is 4. The van der Waals surface area contributed by atoms with Crippen molar-refractivity contribution in [3.8, 4) is 6.07 Å². The minimum absolute atomic E-state index is 0.281. The quantitative estimate of drug-likeness (QED) is 0.479. The van der Waals surface area contributed by atoms with Crippen molar-refractivity contribution >= 4 is 29.2 Å². The second kappa shape index (κ2) is 8.93. The predicted molar refractivity (Wildman–Crippen MR) is 91.5 cm³/mol. The van der Waals surface area contributed by atoms with E-state index in [9.17, 15) is 0 Å². The van der Waals surface area contributed by atoms with Crippen LogP contribution in [0.15, 0.2) is 29.4 Å². The number of benzene rings is 1. The second-order valence-corrected chi connectivity index (χ2v) is 5.33. The molecule has 0 spiro atoms. The molecule has 1 rings (SSSR count). The van der Waals surface area contributed by atoms with E-state index in [0.717, 1.165) is 17.8 Å². The third-order valence-electron chi connectivity index (χ3n) is 2.69. The van der Waals surface area contributed by atoms with E-state index >= 15 is 0 Å². The molecule has 0 saturated heterocycles. The van der Waals surface area contributed by atoms with Crippen LogP contribution in [0.4, 0.5) is 5.69 Å². The summed E-state index contributed by atoms with van der Waals surface area (Å²) in [5.74, 6) is 0. The van der Waals surface area contributed by atoms with Crippen LogP contribution in [0.3, 0.4) is 0 Å². The highest BCUT2D eigenvalue weighted by Gasteiger charge is 2.00. The summed E-state index contributed by atoms with van der Waals surface area (Å²) >= 11 is 5.07. The molecule has 112 valence electrons. The van der Waals surface area contributed by atoms with Crippen LogP contribution in [0.25, 0.3) is 0 Å². The fraction of sp³-hybridized carbons (Fsp3) is 0.400. The molecule has 1 aromatic carbocycles. The number of nitrogens with one attached hydrogen (secondary N) is 2.